The topological polar surface area (TPSA) is 70.0 Å². The molecule has 0 saturated heterocycles. The van der Waals surface area contributed by atoms with Gasteiger partial charge in [0.2, 0.25) is 0 Å². The van der Waals surface area contributed by atoms with Crippen LogP contribution in [-0.2, 0) is 0 Å². The number of nitrogens with zero attached hydrogens (tertiary/aromatic N) is 1. The molecule has 4 heteroatoms. The number of halogens is 1. The predicted octanol–water partition coefficient (Wildman–Crippen LogP) is 2.45. The monoisotopic (exact) mass is 222 g/mol. The molecule has 1 atom stereocenters. The Labute approximate surface area is 94.3 Å². The van der Waals surface area contributed by atoms with Gasteiger partial charge >= 0.3 is 0 Å². The summed E-state index contributed by atoms with van der Waals surface area (Å²) < 4.78 is 13.3. The van der Waals surface area contributed by atoms with Gasteiger partial charge in [0.05, 0.1) is 11.6 Å². The van der Waals surface area contributed by atoms with Crippen molar-refractivity contribution in [3.8, 4) is 11.8 Å². The number of benzene rings is 1. The first-order valence-electron chi connectivity index (χ1n) is 5.13. The molecular formula is C12H15FN2O. The smallest absolute Gasteiger partial charge is 0.166 e. The quantitative estimate of drug-likeness (QED) is 0.825. The first-order chi connectivity index (χ1) is 7.45. The van der Waals surface area contributed by atoms with Crippen LogP contribution in [0.4, 0.5) is 4.39 Å². The zero-order valence-electron chi connectivity index (χ0n) is 9.37. The molecule has 0 unspecified atom stereocenters. The van der Waals surface area contributed by atoms with Crippen LogP contribution in [0.2, 0.25) is 0 Å². The highest BCUT2D eigenvalue weighted by Crippen LogP contribution is 2.30. The molecule has 16 heavy (non-hydrogen) atoms. The zero-order chi connectivity index (χ0) is 12.3. The van der Waals surface area contributed by atoms with Crippen LogP contribution < -0.4 is 5.73 Å². The summed E-state index contributed by atoms with van der Waals surface area (Å²) in [5.41, 5.74) is 6.32. The second-order valence-electron chi connectivity index (χ2n) is 4.24. The van der Waals surface area contributed by atoms with Crippen molar-refractivity contribution in [2.24, 2.45) is 11.7 Å². The molecule has 0 radical (unpaired) electrons. The molecule has 0 aliphatic carbocycles. The summed E-state index contributed by atoms with van der Waals surface area (Å²) in [5, 5.41) is 18.2. The van der Waals surface area contributed by atoms with Gasteiger partial charge in [-0.2, -0.15) is 5.26 Å². The summed E-state index contributed by atoms with van der Waals surface area (Å²) in [6.45, 7) is 3.98. The van der Waals surface area contributed by atoms with E-state index in [4.69, 9.17) is 11.0 Å². The van der Waals surface area contributed by atoms with Crippen molar-refractivity contribution in [1.29, 1.82) is 5.26 Å². The maximum absolute atomic E-state index is 13.3. The molecular weight excluding hydrogens is 207 g/mol. The van der Waals surface area contributed by atoms with Crippen molar-refractivity contribution in [3.63, 3.8) is 0 Å². The SMILES string of the molecule is CC(C)C[C@H](N)c1cc(C#N)cc(F)c1O. The molecule has 1 aromatic rings. The minimum absolute atomic E-state index is 0.171. The highest BCUT2D eigenvalue weighted by Gasteiger charge is 2.17. The van der Waals surface area contributed by atoms with Gasteiger partial charge in [-0.1, -0.05) is 13.8 Å². The highest BCUT2D eigenvalue weighted by atomic mass is 19.1. The van der Waals surface area contributed by atoms with Crippen molar-refractivity contribution in [2.45, 2.75) is 26.3 Å². The van der Waals surface area contributed by atoms with Crippen molar-refractivity contribution >= 4 is 0 Å². The molecule has 1 rings (SSSR count). The zero-order valence-corrected chi connectivity index (χ0v) is 9.37. The summed E-state index contributed by atoms with van der Waals surface area (Å²) in [6.07, 6.45) is 0.627. The largest absolute Gasteiger partial charge is 0.505 e. The average Bonchev–Trinajstić information content (AvgIpc) is 2.20. The van der Waals surface area contributed by atoms with E-state index >= 15 is 0 Å². The molecule has 0 amide bonds. The normalized spacial score (nSPS) is 12.5. The summed E-state index contributed by atoms with van der Waals surface area (Å²) >= 11 is 0. The molecule has 1 aromatic carbocycles. The highest BCUT2D eigenvalue weighted by molar-refractivity contribution is 5.44. The van der Waals surface area contributed by atoms with Gasteiger partial charge in [0.15, 0.2) is 11.6 Å². The van der Waals surface area contributed by atoms with Crippen LogP contribution in [-0.4, -0.2) is 5.11 Å². The van der Waals surface area contributed by atoms with Gasteiger partial charge < -0.3 is 10.8 Å². The van der Waals surface area contributed by atoms with Gasteiger partial charge in [0.1, 0.15) is 0 Å². The van der Waals surface area contributed by atoms with E-state index in [-0.39, 0.29) is 5.56 Å². The number of hydrogen-bond acceptors (Lipinski definition) is 3. The number of phenols is 1. The van der Waals surface area contributed by atoms with Crippen molar-refractivity contribution in [1.82, 2.24) is 0 Å². The van der Waals surface area contributed by atoms with Crippen molar-refractivity contribution in [3.05, 3.63) is 29.1 Å². The van der Waals surface area contributed by atoms with E-state index in [1.165, 1.54) is 6.07 Å². The van der Waals surface area contributed by atoms with Gasteiger partial charge in [-0.25, -0.2) is 4.39 Å². The van der Waals surface area contributed by atoms with Crippen LogP contribution in [0.15, 0.2) is 12.1 Å². The van der Waals surface area contributed by atoms with E-state index in [0.29, 0.717) is 17.9 Å². The molecule has 0 saturated carbocycles. The Morgan fingerprint density at radius 2 is 2.12 bits per heavy atom. The average molecular weight is 222 g/mol. The standard InChI is InChI=1S/C12H15FN2O/c1-7(2)3-11(15)9-4-8(6-14)5-10(13)12(9)16/h4-5,7,11,16H,3,15H2,1-2H3/t11-/m0/s1. The van der Waals surface area contributed by atoms with Crippen LogP contribution in [0.3, 0.4) is 0 Å². The molecule has 3 N–H and O–H groups in total. The van der Waals surface area contributed by atoms with Gasteiger partial charge in [-0.3, -0.25) is 0 Å². The number of phenolic OH excluding ortho intramolecular Hbond substituents is 1. The molecule has 3 nitrogen and oxygen atoms in total. The Hall–Kier alpha value is -1.60. The van der Waals surface area contributed by atoms with Gasteiger partial charge in [0.25, 0.3) is 0 Å². The fourth-order valence-corrected chi connectivity index (χ4v) is 1.60. The van der Waals surface area contributed by atoms with Gasteiger partial charge in [0, 0.05) is 11.6 Å². The first-order valence-corrected chi connectivity index (χ1v) is 5.13. The number of hydrogen-bond donors (Lipinski definition) is 2. The number of nitrogens with two attached hydrogens (primary N) is 1. The number of aromatic hydroxyl groups is 1. The minimum atomic E-state index is -0.798. The van der Waals surface area contributed by atoms with Crippen LogP contribution in [0.25, 0.3) is 0 Å². The van der Waals surface area contributed by atoms with E-state index < -0.39 is 17.6 Å². The predicted molar refractivity (Wildman–Crippen MR) is 59.2 cm³/mol. The van der Waals surface area contributed by atoms with Gasteiger partial charge in [-0.15, -0.1) is 0 Å². The van der Waals surface area contributed by atoms with Crippen LogP contribution >= 0.6 is 0 Å². The van der Waals surface area contributed by atoms with Crippen LogP contribution in [0, 0.1) is 23.1 Å². The minimum Gasteiger partial charge on any atom is -0.505 e. The van der Waals surface area contributed by atoms with Gasteiger partial charge in [-0.05, 0) is 24.5 Å². The van der Waals surface area contributed by atoms with Crippen molar-refractivity contribution in [2.75, 3.05) is 0 Å². The Kier molecular flexibility index (Phi) is 3.86. The molecule has 0 heterocycles. The lowest BCUT2D eigenvalue weighted by molar-refractivity contribution is 0.411. The molecule has 0 spiro atoms. The third kappa shape index (κ3) is 2.71. The molecule has 0 aliphatic heterocycles. The van der Waals surface area contributed by atoms with E-state index in [9.17, 15) is 9.50 Å². The Bertz CT molecular complexity index is 424. The molecule has 0 fully saturated rings. The lowest BCUT2D eigenvalue weighted by Gasteiger charge is -2.16. The maximum atomic E-state index is 13.3. The first kappa shape index (κ1) is 12.5. The molecule has 0 aromatic heterocycles. The Morgan fingerprint density at radius 3 is 2.62 bits per heavy atom. The number of nitriles is 1. The molecule has 86 valence electrons. The summed E-state index contributed by atoms with van der Waals surface area (Å²) in [6, 6.07) is 3.82. The molecule has 0 bridgehead atoms. The molecule has 0 aliphatic rings. The third-order valence-corrected chi connectivity index (χ3v) is 2.35. The second-order valence-corrected chi connectivity index (χ2v) is 4.24. The fourth-order valence-electron chi connectivity index (χ4n) is 1.60. The third-order valence-electron chi connectivity index (χ3n) is 2.35. The Balaban J connectivity index is 3.12. The van der Waals surface area contributed by atoms with Crippen LogP contribution in [0.1, 0.15) is 37.4 Å². The van der Waals surface area contributed by atoms with E-state index in [0.717, 1.165) is 6.07 Å². The van der Waals surface area contributed by atoms with E-state index in [2.05, 4.69) is 0 Å². The fraction of sp³-hybridized carbons (Fsp3) is 0.417. The van der Waals surface area contributed by atoms with E-state index in [1.54, 1.807) is 0 Å². The summed E-state index contributed by atoms with van der Waals surface area (Å²) in [5.74, 6) is -0.913. The van der Waals surface area contributed by atoms with Crippen molar-refractivity contribution < 1.29 is 9.50 Å². The van der Waals surface area contributed by atoms with E-state index in [1.807, 2.05) is 19.9 Å². The summed E-state index contributed by atoms with van der Waals surface area (Å²) in [7, 11) is 0. The second kappa shape index (κ2) is 4.95. The lowest BCUT2D eigenvalue weighted by Crippen LogP contribution is -2.13. The van der Waals surface area contributed by atoms with Crippen LogP contribution in [0.5, 0.6) is 5.75 Å². The summed E-state index contributed by atoms with van der Waals surface area (Å²) in [4.78, 5) is 0. The lowest BCUT2D eigenvalue weighted by atomic mass is 9.95. The number of rotatable bonds is 3. The Morgan fingerprint density at radius 1 is 1.50 bits per heavy atom. The maximum Gasteiger partial charge on any atom is 0.166 e.